The van der Waals surface area contributed by atoms with Gasteiger partial charge in [-0.15, -0.1) is 0 Å². The van der Waals surface area contributed by atoms with E-state index >= 15 is 0 Å². The SMILES string of the molecule is CC(C)(C)OC(=O)NC(C(=O)O)N1CCOCC1. The molecule has 0 saturated carbocycles. The fourth-order valence-electron chi connectivity index (χ4n) is 1.56. The number of ether oxygens (including phenoxy) is 2. The lowest BCUT2D eigenvalue weighted by Gasteiger charge is -2.32. The number of aliphatic carboxylic acids is 1. The maximum absolute atomic E-state index is 11.6. The molecule has 18 heavy (non-hydrogen) atoms. The van der Waals surface area contributed by atoms with Gasteiger partial charge < -0.3 is 14.6 Å². The summed E-state index contributed by atoms with van der Waals surface area (Å²) in [5.41, 5.74) is -0.655. The molecule has 1 atom stereocenters. The third kappa shape index (κ3) is 4.89. The van der Waals surface area contributed by atoms with E-state index in [0.717, 1.165) is 0 Å². The van der Waals surface area contributed by atoms with E-state index in [4.69, 9.17) is 14.6 Å². The first-order valence-electron chi connectivity index (χ1n) is 5.84. The lowest BCUT2D eigenvalue weighted by molar-refractivity contribution is -0.146. The molecule has 104 valence electrons. The molecule has 0 aromatic carbocycles. The summed E-state index contributed by atoms with van der Waals surface area (Å²) in [6.07, 6.45) is -1.81. The first-order chi connectivity index (χ1) is 8.29. The van der Waals surface area contributed by atoms with Gasteiger partial charge in [-0.25, -0.2) is 9.59 Å². The third-order valence-corrected chi connectivity index (χ3v) is 2.30. The maximum atomic E-state index is 11.6. The lowest BCUT2D eigenvalue weighted by Crippen LogP contribution is -2.56. The molecular weight excluding hydrogens is 240 g/mol. The predicted molar refractivity (Wildman–Crippen MR) is 63.2 cm³/mol. The normalized spacial score (nSPS) is 19.1. The Morgan fingerprint density at radius 3 is 2.33 bits per heavy atom. The molecule has 0 bridgehead atoms. The topological polar surface area (TPSA) is 88.1 Å². The second-order valence-electron chi connectivity index (χ2n) is 5.04. The summed E-state index contributed by atoms with van der Waals surface area (Å²) in [5.74, 6) is -1.11. The van der Waals surface area contributed by atoms with E-state index in [1.165, 1.54) is 0 Å². The Kier molecular flexibility index (Phi) is 4.92. The first-order valence-corrected chi connectivity index (χ1v) is 5.84. The summed E-state index contributed by atoms with van der Waals surface area (Å²) >= 11 is 0. The van der Waals surface area contributed by atoms with Gasteiger partial charge >= 0.3 is 12.1 Å². The Hall–Kier alpha value is -1.34. The number of hydrogen-bond acceptors (Lipinski definition) is 5. The molecular formula is C11H20N2O5. The average molecular weight is 260 g/mol. The van der Waals surface area contributed by atoms with Crippen molar-refractivity contribution in [3.63, 3.8) is 0 Å². The van der Waals surface area contributed by atoms with Crippen LogP contribution < -0.4 is 5.32 Å². The maximum Gasteiger partial charge on any atom is 0.409 e. The van der Waals surface area contributed by atoms with Crippen molar-refractivity contribution in [3.05, 3.63) is 0 Å². The summed E-state index contributed by atoms with van der Waals surface area (Å²) in [5, 5.41) is 11.5. The Labute approximate surface area is 106 Å². The van der Waals surface area contributed by atoms with Crippen LogP contribution in [0.1, 0.15) is 20.8 Å². The van der Waals surface area contributed by atoms with Crippen molar-refractivity contribution in [2.24, 2.45) is 0 Å². The molecule has 1 saturated heterocycles. The summed E-state index contributed by atoms with van der Waals surface area (Å²) in [4.78, 5) is 24.3. The number of rotatable bonds is 3. The summed E-state index contributed by atoms with van der Waals surface area (Å²) in [6.45, 7) is 7.00. The first kappa shape index (κ1) is 14.7. The number of carbonyl (C=O) groups excluding carboxylic acids is 1. The van der Waals surface area contributed by atoms with E-state index in [1.54, 1.807) is 25.7 Å². The van der Waals surface area contributed by atoms with Crippen LogP contribution in [0, 0.1) is 0 Å². The molecule has 1 heterocycles. The van der Waals surface area contributed by atoms with Crippen LogP contribution >= 0.6 is 0 Å². The number of nitrogens with one attached hydrogen (secondary N) is 1. The highest BCUT2D eigenvalue weighted by atomic mass is 16.6. The minimum absolute atomic E-state index is 0.458. The molecule has 0 radical (unpaired) electrons. The van der Waals surface area contributed by atoms with Crippen molar-refractivity contribution >= 4 is 12.1 Å². The summed E-state index contributed by atoms with van der Waals surface area (Å²) in [7, 11) is 0. The van der Waals surface area contributed by atoms with E-state index in [1.807, 2.05) is 0 Å². The van der Waals surface area contributed by atoms with Crippen LogP contribution in [0.2, 0.25) is 0 Å². The Bertz CT molecular complexity index is 307. The fourth-order valence-corrected chi connectivity index (χ4v) is 1.56. The molecule has 1 rings (SSSR count). The van der Waals surface area contributed by atoms with Crippen molar-refractivity contribution in [1.82, 2.24) is 10.2 Å². The number of amides is 1. The second kappa shape index (κ2) is 6.01. The van der Waals surface area contributed by atoms with Crippen LogP contribution in [-0.4, -0.2) is 60.1 Å². The molecule has 2 N–H and O–H groups in total. The molecule has 7 nitrogen and oxygen atoms in total. The minimum Gasteiger partial charge on any atom is -0.479 e. The van der Waals surface area contributed by atoms with E-state index < -0.39 is 23.8 Å². The predicted octanol–water partition coefficient (Wildman–Crippen LogP) is 0.254. The van der Waals surface area contributed by atoms with E-state index in [-0.39, 0.29) is 0 Å². The van der Waals surface area contributed by atoms with Gasteiger partial charge in [0.1, 0.15) is 5.60 Å². The van der Waals surface area contributed by atoms with Crippen molar-refractivity contribution in [2.75, 3.05) is 26.3 Å². The van der Waals surface area contributed by atoms with Gasteiger partial charge in [0.25, 0.3) is 0 Å². The minimum atomic E-state index is -1.11. The zero-order chi connectivity index (χ0) is 13.8. The van der Waals surface area contributed by atoms with Gasteiger partial charge in [-0.2, -0.15) is 0 Å². The molecule has 1 amide bonds. The van der Waals surface area contributed by atoms with Crippen LogP contribution in [0.25, 0.3) is 0 Å². The zero-order valence-electron chi connectivity index (χ0n) is 10.9. The monoisotopic (exact) mass is 260 g/mol. The second-order valence-corrected chi connectivity index (χ2v) is 5.04. The number of alkyl carbamates (subject to hydrolysis) is 1. The highest BCUT2D eigenvalue weighted by molar-refractivity contribution is 5.79. The van der Waals surface area contributed by atoms with Gasteiger partial charge in [-0.1, -0.05) is 0 Å². The number of morpholine rings is 1. The molecule has 1 aliphatic rings. The highest BCUT2D eigenvalue weighted by Gasteiger charge is 2.30. The number of carboxylic acid groups (broad SMARTS) is 1. The zero-order valence-corrected chi connectivity index (χ0v) is 10.9. The van der Waals surface area contributed by atoms with Crippen LogP contribution in [0.3, 0.4) is 0 Å². The van der Waals surface area contributed by atoms with Gasteiger partial charge in [0.2, 0.25) is 0 Å². The Balaban J connectivity index is 2.57. The number of carboxylic acids is 1. The molecule has 0 aromatic heterocycles. The van der Waals surface area contributed by atoms with Crippen molar-refractivity contribution in [1.29, 1.82) is 0 Å². The quantitative estimate of drug-likeness (QED) is 0.756. The van der Waals surface area contributed by atoms with Gasteiger partial charge in [-0.3, -0.25) is 10.2 Å². The Morgan fingerprint density at radius 1 is 1.33 bits per heavy atom. The molecule has 7 heteroatoms. The summed E-state index contributed by atoms with van der Waals surface area (Å²) in [6, 6.07) is 0. The van der Waals surface area contributed by atoms with E-state index in [9.17, 15) is 9.59 Å². The average Bonchev–Trinajstić information content (AvgIpc) is 2.24. The van der Waals surface area contributed by atoms with Crippen molar-refractivity contribution in [2.45, 2.75) is 32.5 Å². The number of nitrogens with zero attached hydrogens (tertiary/aromatic N) is 1. The van der Waals surface area contributed by atoms with Crippen LogP contribution in [-0.2, 0) is 14.3 Å². The molecule has 0 aromatic rings. The number of carbonyl (C=O) groups is 2. The molecule has 1 unspecified atom stereocenters. The molecule has 0 spiro atoms. The standard InChI is InChI=1S/C11H20N2O5/c1-11(2,3)18-10(16)12-8(9(14)15)13-4-6-17-7-5-13/h8H,4-7H2,1-3H3,(H,12,16)(H,14,15). The smallest absolute Gasteiger partial charge is 0.409 e. The van der Waals surface area contributed by atoms with Crippen LogP contribution in [0.4, 0.5) is 4.79 Å². The summed E-state index contributed by atoms with van der Waals surface area (Å²) < 4.78 is 10.2. The lowest BCUT2D eigenvalue weighted by atomic mass is 10.2. The molecule has 0 aliphatic carbocycles. The Morgan fingerprint density at radius 2 is 1.89 bits per heavy atom. The highest BCUT2D eigenvalue weighted by Crippen LogP contribution is 2.08. The van der Waals surface area contributed by atoms with Gasteiger partial charge in [0, 0.05) is 13.1 Å². The van der Waals surface area contributed by atoms with Gasteiger partial charge in [-0.05, 0) is 20.8 Å². The fraction of sp³-hybridized carbons (Fsp3) is 0.818. The third-order valence-electron chi connectivity index (χ3n) is 2.30. The van der Waals surface area contributed by atoms with Gasteiger partial charge in [0.05, 0.1) is 13.2 Å². The van der Waals surface area contributed by atoms with Crippen molar-refractivity contribution < 1.29 is 24.2 Å². The van der Waals surface area contributed by atoms with Crippen LogP contribution in [0.5, 0.6) is 0 Å². The number of hydrogen-bond donors (Lipinski definition) is 2. The van der Waals surface area contributed by atoms with E-state index in [0.29, 0.717) is 26.3 Å². The van der Waals surface area contributed by atoms with Crippen LogP contribution in [0.15, 0.2) is 0 Å². The van der Waals surface area contributed by atoms with Crippen molar-refractivity contribution in [3.8, 4) is 0 Å². The molecule has 1 aliphatic heterocycles. The van der Waals surface area contributed by atoms with Gasteiger partial charge in [0.15, 0.2) is 6.17 Å². The molecule has 1 fully saturated rings. The van der Waals surface area contributed by atoms with E-state index in [2.05, 4.69) is 5.32 Å². The largest absolute Gasteiger partial charge is 0.479 e.